The molecule has 0 bridgehead atoms. The van der Waals surface area contributed by atoms with Crippen molar-refractivity contribution in [1.82, 2.24) is 0 Å². The Hall–Kier alpha value is -6.81. The van der Waals surface area contributed by atoms with E-state index in [2.05, 4.69) is 0 Å². The zero-order valence-corrected chi connectivity index (χ0v) is 29.7. The Morgan fingerprint density at radius 2 is 1.04 bits per heavy atom. The van der Waals surface area contributed by atoms with Crippen LogP contribution < -0.4 is 9.80 Å². The number of halogens is 1. The highest BCUT2D eigenvalue weighted by Crippen LogP contribution is 2.58. The van der Waals surface area contributed by atoms with Gasteiger partial charge >= 0.3 is 0 Å². The molecule has 3 fully saturated rings. The number of ketones is 2. The van der Waals surface area contributed by atoms with Crippen molar-refractivity contribution in [3.8, 4) is 5.75 Å². The van der Waals surface area contributed by atoms with Crippen molar-refractivity contribution in [2.45, 2.75) is 18.8 Å². The van der Waals surface area contributed by atoms with Crippen molar-refractivity contribution in [3.63, 3.8) is 0 Å². The van der Waals surface area contributed by atoms with E-state index in [1.165, 1.54) is 12.1 Å². The van der Waals surface area contributed by atoms with Crippen molar-refractivity contribution in [2.75, 3.05) is 9.80 Å². The van der Waals surface area contributed by atoms with Gasteiger partial charge in [-0.25, -0.2) is 4.39 Å². The molecule has 10 heteroatoms. The average molecular weight is 745 g/mol. The number of fused-ring (bicyclic) bond motifs is 4. The van der Waals surface area contributed by atoms with Crippen LogP contribution in [0.1, 0.15) is 56.2 Å². The molecule has 0 unspecified atom stereocenters. The maximum absolute atomic E-state index is 15.0. The van der Waals surface area contributed by atoms with Gasteiger partial charge in [-0.1, -0.05) is 78.4 Å². The summed E-state index contributed by atoms with van der Waals surface area (Å²) in [4.78, 5) is 85.7. The Kier molecular flexibility index (Phi) is 8.41. The van der Waals surface area contributed by atoms with Crippen LogP contribution in [-0.2, 0) is 19.2 Å². The van der Waals surface area contributed by atoms with E-state index in [-0.39, 0.29) is 30.1 Å². The molecule has 1 N–H and O–H groups in total. The van der Waals surface area contributed by atoms with Crippen molar-refractivity contribution < 1.29 is 38.3 Å². The zero-order chi connectivity index (χ0) is 38.8. The molecular formula is C46H33FN2O7. The summed E-state index contributed by atoms with van der Waals surface area (Å²) in [6.07, 6.45) is 2.16. The Balaban J connectivity index is 1.05. The summed E-state index contributed by atoms with van der Waals surface area (Å²) in [5.41, 5.74) is 3.41. The van der Waals surface area contributed by atoms with Gasteiger partial charge in [0.2, 0.25) is 23.6 Å². The Labute approximate surface area is 320 Å². The van der Waals surface area contributed by atoms with Gasteiger partial charge in [0.15, 0.2) is 23.1 Å². The number of hydrogen-bond acceptors (Lipinski definition) is 7. The van der Waals surface area contributed by atoms with Gasteiger partial charge in [0.05, 0.1) is 35.0 Å². The van der Waals surface area contributed by atoms with Gasteiger partial charge in [0.1, 0.15) is 0 Å². The molecule has 9 rings (SSSR count). The first-order valence-electron chi connectivity index (χ1n) is 18.5. The number of anilines is 2. The molecule has 2 saturated heterocycles. The van der Waals surface area contributed by atoms with Gasteiger partial charge in [-0.2, -0.15) is 0 Å². The lowest BCUT2D eigenvalue weighted by atomic mass is 9.57. The van der Waals surface area contributed by atoms with E-state index in [4.69, 9.17) is 0 Å². The summed E-state index contributed by atoms with van der Waals surface area (Å²) >= 11 is 0. The van der Waals surface area contributed by atoms with Gasteiger partial charge in [0, 0.05) is 28.2 Å². The quantitative estimate of drug-likeness (QED) is 0.108. The lowest BCUT2D eigenvalue weighted by molar-refractivity contribution is -0.126. The second kappa shape index (κ2) is 13.5. The van der Waals surface area contributed by atoms with Crippen LogP contribution in [0.4, 0.5) is 15.8 Å². The summed E-state index contributed by atoms with van der Waals surface area (Å²) < 4.78 is 15.0. The van der Waals surface area contributed by atoms with Crippen LogP contribution in [-0.4, -0.2) is 40.3 Å². The number of amides is 4. The second-order valence-electron chi connectivity index (χ2n) is 14.7. The highest BCUT2D eigenvalue weighted by Gasteiger charge is 2.62. The topological polar surface area (TPSA) is 129 Å². The van der Waals surface area contributed by atoms with E-state index in [1.807, 2.05) is 18.2 Å². The van der Waals surface area contributed by atoms with Gasteiger partial charge in [-0.3, -0.25) is 38.6 Å². The zero-order valence-electron chi connectivity index (χ0n) is 29.7. The minimum atomic E-state index is -0.950. The predicted octanol–water partition coefficient (Wildman–Crippen LogP) is 7.04. The Morgan fingerprint density at radius 1 is 0.554 bits per heavy atom. The third-order valence-electron chi connectivity index (χ3n) is 11.8. The summed E-state index contributed by atoms with van der Waals surface area (Å²) in [6, 6.07) is 33.9. The fourth-order valence-corrected chi connectivity index (χ4v) is 9.23. The highest BCUT2D eigenvalue weighted by molar-refractivity contribution is 6.24. The molecule has 6 atom stereocenters. The van der Waals surface area contributed by atoms with E-state index in [0.29, 0.717) is 39.1 Å². The number of allylic oxidation sites excluding steroid dienone is 2. The van der Waals surface area contributed by atoms with Gasteiger partial charge in [-0.15, -0.1) is 0 Å². The van der Waals surface area contributed by atoms with E-state index in [1.54, 1.807) is 97.1 Å². The maximum Gasteiger partial charge on any atom is 0.238 e. The standard InChI is InChI=1S/C46H33FN2O7/c47-36-23-29(15-22-37(36)50)38-32-20-21-33-39(45(55)48(43(33)53)30-16-11-27(12-17-30)41(51)25-7-3-1-4-8-25)34(32)24-35-40(38)46(56)49(44(35)54)31-18-13-28(14-19-31)42(52)26-9-5-2-6-10-26/h1-20,22-23,33-35,38-40,50H,21,24H2/t33-,34+,35+,38-,39-,40+/m0/s1. The van der Waals surface area contributed by atoms with Gasteiger partial charge in [0.25, 0.3) is 0 Å². The molecule has 1 saturated carbocycles. The first-order valence-corrected chi connectivity index (χ1v) is 18.5. The Morgan fingerprint density at radius 3 is 1.55 bits per heavy atom. The first-order chi connectivity index (χ1) is 27.1. The molecule has 4 aliphatic rings. The SMILES string of the molecule is O=C(c1ccccc1)c1ccc(N2C(=O)[C@H]3[C@H](CC=C4[C@H]3C[C@H]3C(=O)N(c5ccc(C(=O)c6ccccc6)cc5)C(=O)[C@H]3[C@H]4c3ccc(O)c(F)c3)C2=O)cc1. The van der Waals surface area contributed by atoms with E-state index in [9.17, 15) is 38.3 Å². The van der Waals surface area contributed by atoms with Crippen LogP contribution in [0.2, 0.25) is 0 Å². The fourth-order valence-electron chi connectivity index (χ4n) is 9.23. The van der Waals surface area contributed by atoms with Crippen molar-refractivity contribution in [1.29, 1.82) is 0 Å². The number of phenols is 1. The second-order valence-corrected chi connectivity index (χ2v) is 14.7. The molecule has 0 aromatic heterocycles. The molecule has 2 heterocycles. The van der Waals surface area contributed by atoms with Crippen molar-refractivity contribution >= 4 is 46.6 Å². The normalized spacial score (nSPS) is 24.1. The molecule has 276 valence electrons. The predicted molar refractivity (Wildman–Crippen MR) is 203 cm³/mol. The van der Waals surface area contributed by atoms with Crippen molar-refractivity contribution in [3.05, 3.63) is 173 Å². The molecule has 9 nitrogen and oxygen atoms in total. The van der Waals surface area contributed by atoms with E-state index < -0.39 is 70.7 Å². The number of carbonyl (C=O) groups is 6. The van der Waals surface area contributed by atoms with Crippen molar-refractivity contribution in [2.24, 2.45) is 29.6 Å². The van der Waals surface area contributed by atoms with Crippen LogP contribution >= 0.6 is 0 Å². The maximum atomic E-state index is 15.0. The van der Waals surface area contributed by atoms with Gasteiger partial charge < -0.3 is 5.11 Å². The number of aromatic hydroxyl groups is 1. The molecule has 0 spiro atoms. The molecule has 2 aliphatic carbocycles. The molecule has 56 heavy (non-hydrogen) atoms. The summed E-state index contributed by atoms with van der Waals surface area (Å²) in [7, 11) is 0. The lowest BCUT2D eigenvalue weighted by Crippen LogP contribution is -2.43. The average Bonchev–Trinajstić information content (AvgIpc) is 3.64. The lowest BCUT2D eigenvalue weighted by Gasteiger charge is -2.44. The number of nitrogens with zero attached hydrogens (tertiary/aromatic N) is 2. The number of rotatable bonds is 7. The molecular weight excluding hydrogens is 712 g/mol. The van der Waals surface area contributed by atoms with Crippen LogP contribution in [0, 0.1) is 35.4 Å². The van der Waals surface area contributed by atoms with Gasteiger partial charge in [-0.05, 0) is 85.0 Å². The van der Waals surface area contributed by atoms with Crippen LogP contribution in [0.3, 0.4) is 0 Å². The number of phenolic OH excluding ortho intramolecular Hbond substituents is 1. The Bertz CT molecular complexity index is 2500. The van der Waals surface area contributed by atoms with Crippen LogP contribution in [0.25, 0.3) is 0 Å². The number of hydrogen-bond donors (Lipinski definition) is 1. The molecule has 5 aromatic carbocycles. The third kappa shape index (κ3) is 5.51. The number of imide groups is 2. The summed E-state index contributed by atoms with van der Waals surface area (Å²) in [5.74, 6) is -8.59. The molecule has 2 aliphatic heterocycles. The smallest absolute Gasteiger partial charge is 0.238 e. The number of benzene rings is 5. The minimum absolute atomic E-state index is 0.109. The molecule has 0 radical (unpaired) electrons. The van der Waals surface area contributed by atoms with E-state index >= 15 is 0 Å². The fraction of sp³-hybridized carbons (Fsp3) is 0.174. The van der Waals surface area contributed by atoms with Crippen LogP contribution in [0.15, 0.2) is 139 Å². The van der Waals surface area contributed by atoms with E-state index in [0.717, 1.165) is 15.9 Å². The molecule has 4 amide bonds. The first kappa shape index (κ1) is 34.9. The summed E-state index contributed by atoms with van der Waals surface area (Å²) in [6.45, 7) is 0. The molecule has 5 aromatic rings. The third-order valence-corrected chi connectivity index (χ3v) is 11.8. The summed E-state index contributed by atoms with van der Waals surface area (Å²) in [5, 5.41) is 10.1. The minimum Gasteiger partial charge on any atom is -0.505 e. The van der Waals surface area contributed by atoms with Crippen LogP contribution in [0.5, 0.6) is 5.75 Å². The highest BCUT2D eigenvalue weighted by atomic mass is 19.1. The monoisotopic (exact) mass is 744 g/mol. The largest absolute Gasteiger partial charge is 0.505 e. The number of carbonyl (C=O) groups excluding carboxylic acids is 6.